The summed E-state index contributed by atoms with van der Waals surface area (Å²) in [4.78, 5) is 24.5. The highest BCUT2D eigenvalue weighted by Gasteiger charge is 2.22. The van der Waals surface area contributed by atoms with Gasteiger partial charge in [0.1, 0.15) is 10.6 Å². The average Bonchev–Trinajstić information content (AvgIpc) is 2.82. The van der Waals surface area contributed by atoms with Crippen molar-refractivity contribution < 1.29 is 22.7 Å². The Hall–Kier alpha value is -3.56. The van der Waals surface area contributed by atoms with Gasteiger partial charge in [0.05, 0.1) is 17.8 Å². The highest BCUT2D eigenvalue weighted by atomic mass is 35.5. The fourth-order valence-electron chi connectivity index (χ4n) is 2.93. The van der Waals surface area contributed by atoms with Crippen molar-refractivity contribution in [3.8, 4) is 5.75 Å². The van der Waals surface area contributed by atoms with Crippen LogP contribution in [0.1, 0.15) is 33.2 Å². The molecule has 0 fully saturated rings. The van der Waals surface area contributed by atoms with Crippen molar-refractivity contribution in [1.29, 1.82) is 0 Å². The van der Waals surface area contributed by atoms with Gasteiger partial charge in [-0.1, -0.05) is 42.8 Å². The molecule has 0 aromatic heterocycles. The predicted octanol–water partition coefficient (Wildman–Crippen LogP) is 3.79. The molecular weight excluding hydrogens is 466 g/mol. The van der Waals surface area contributed by atoms with Gasteiger partial charge in [-0.25, -0.2) is 8.42 Å². The van der Waals surface area contributed by atoms with Crippen molar-refractivity contribution >= 4 is 39.1 Å². The molecule has 8 nitrogen and oxygen atoms in total. The molecule has 0 aliphatic carbocycles. The number of rotatable bonds is 7. The third-order valence-electron chi connectivity index (χ3n) is 4.75. The second-order valence-electron chi connectivity index (χ2n) is 6.91. The van der Waals surface area contributed by atoms with E-state index in [2.05, 4.69) is 15.6 Å². The van der Waals surface area contributed by atoms with Gasteiger partial charge in [0.2, 0.25) is 0 Å². The Balaban J connectivity index is 1.75. The quantitative estimate of drug-likeness (QED) is 0.439. The highest BCUT2D eigenvalue weighted by Crippen LogP contribution is 2.29. The molecule has 0 unspecified atom stereocenters. The number of halogens is 1. The first-order valence-electron chi connectivity index (χ1n) is 9.90. The molecule has 3 aromatic carbocycles. The van der Waals surface area contributed by atoms with E-state index < -0.39 is 21.8 Å². The smallest absolute Gasteiger partial charge is 0.269 e. The van der Waals surface area contributed by atoms with Gasteiger partial charge in [-0.2, -0.15) is 0 Å². The number of benzene rings is 3. The van der Waals surface area contributed by atoms with E-state index in [1.54, 1.807) is 30.3 Å². The lowest BCUT2D eigenvalue weighted by Gasteiger charge is -2.13. The normalized spacial score (nSPS) is 10.9. The van der Waals surface area contributed by atoms with Crippen LogP contribution >= 0.6 is 11.6 Å². The Morgan fingerprint density at radius 2 is 1.52 bits per heavy atom. The molecule has 0 atom stereocenters. The van der Waals surface area contributed by atoms with Crippen LogP contribution in [0.3, 0.4) is 0 Å². The molecule has 0 spiro atoms. The summed E-state index contributed by atoms with van der Waals surface area (Å²) in [7, 11) is -2.73. The number of hydrazine groups is 1. The third-order valence-corrected chi connectivity index (χ3v) is 6.60. The summed E-state index contributed by atoms with van der Waals surface area (Å²) in [6.45, 7) is 2.00. The first-order chi connectivity index (χ1) is 15.7. The van der Waals surface area contributed by atoms with E-state index in [0.717, 1.165) is 18.1 Å². The van der Waals surface area contributed by atoms with Crippen molar-refractivity contribution in [2.24, 2.45) is 0 Å². The van der Waals surface area contributed by atoms with Crippen molar-refractivity contribution in [1.82, 2.24) is 10.9 Å². The number of anilines is 1. The zero-order valence-electron chi connectivity index (χ0n) is 17.9. The summed E-state index contributed by atoms with van der Waals surface area (Å²) in [5, 5.41) is -0.0750. The minimum Gasteiger partial charge on any atom is -0.495 e. The lowest BCUT2D eigenvalue weighted by molar-refractivity contribution is 0.0846. The minimum atomic E-state index is -4.14. The number of para-hydroxylation sites is 2. The highest BCUT2D eigenvalue weighted by molar-refractivity contribution is 7.92. The topological polar surface area (TPSA) is 114 Å². The molecule has 0 saturated carbocycles. The molecule has 0 saturated heterocycles. The van der Waals surface area contributed by atoms with E-state index in [1.807, 2.05) is 19.1 Å². The van der Waals surface area contributed by atoms with Gasteiger partial charge in [-0.05, 0) is 54.4 Å². The maximum absolute atomic E-state index is 12.9. The number of aryl methyl sites for hydroxylation is 1. The molecule has 3 aromatic rings. The van der Waals surface area contributed by atoms with E-state index in [9.17, 15) is 18.0 Å². The van der Waals surface area contributed by atoms with E-state index in [1.165, 1.54) is 25.3 Å². The van der Waals surface area contributed by atoms with Crippen molar-refractivity contribution in [3.05, 3.63) is 88.4 Å². The van der Waals surface area contributed by atoms with Crippen LogP contribution in [0.4, 0.5) is 5.69 Å². The van der Waals surface area contributed by atoms with E-state index in [0.29, 0.717) is 11.3 Å². The number of carbonyl (C=O) groups excluding carboxylic acids is 2. The number of hydrogen-bond donors (Lipinski definition) is 3. The Labute approximate surface area is 196 Å². The zero-order chi connectivity index (χ0) is 24.0. The number of methoxy groups -OCH3 is 1. The summed E-state index contributed by atoms with van der Waals surface area (Å²) in [5.41, 5.74) is 6.23. The molecule has 172 valence electrons. The number of hydrogen-bond acceptors (Lipinski definition) is 5. The monoisotopic (exact) mass is 487 g/mol. The molecule has 33 heavy (non-hydrogen) atoms. The van der Waals surface area contributed by atoms with Gasteiger partial charge < -0.3 is 4.74 Å². The lowest BCUT2D eigenvalue weighted by Crippen LogP contribution is -2.41. The molecule has 0 aliphatic heterocycles. The van der Waals surface area contributed by atoms with Gasteiger partial charge in [-0.3, -0.25) is 25.2 Å². The Kier molecular flexibility index (Phi) is 7.57. The lowest BCUT2D eigenvalue weighted by atomic mass is 10.1. The standard InChI is InChI=1S/C23H22ClN3O5S/c1-3-15-8-10-16(11-9-15)22(28)25-26-23(29)17-12-13-18(24)21(14-17)33(30,31)27-19-6-4-5-7-20(19)32-2/h4-14,27H,3H2,1-2H3,(H,25,28)(H,26,29). The third kappa shape index (κ3) is 5.82. The summed E-state index contributed by atoms with van der Waals surface area (Å²) in [6.07, 6.45) is 0.840. The molecular formula is C23H22ClN3O5S. The summed E-state index contributed by atoms with van der Waals surface area (Å²) in [6, 6.07) is 17.2. The largest absolute Gasteiger partial charge is 0.495 e. The molecule has 0 aliphatic rings. The minimum absolute atomic E-state index is 0.0126. The van der Waals surface area contributed by atoms with Crippen molar-refractivity contribution in [3.63, 3.8) is 0 Å². The van der Waals surface area contributed by atoms with Crippen LogP contribution in [0.15, 0.2) is 71.6 Å². The maximum Gasteiger partial charge on any atom is 0.269 e. The number of carbonyl (C=O) groups is 2. The van der Waals surface area contributed by atoms with Crippen LogP contribution in [0, 0.1) is 0 Å². The van der Waals surface area contributed by atoms with Crippen LogP contribution < -0.4 is 20.3 Å². The van der Waals surface area contributed by atoms with E-state index in [-0.39, 0.29) is 21.2 Å². The van der Waals surface area contributed by atoms with Crippen molar-refractivity contribution in [2.45, 2.75) is 18.2 Å². The predicted molar refractivity (Wildman–Crippen MR) is 126 cm³/mol. The second-order valence-corrected chi connectivity index (χ2v) is 8.97. The summed E-state index contributed by atoms with van der Waals surface area (Å²) in [5.74, 6) is -0.898. The molecule has 0 heterocycles. The first-order valence-corrected chi connectivity index (χ1v) is 11.8. The fraction of sp³-hybridized carbons (Fsp3) is 0.130. The van der Waals surface area contributed by atoms with Crippen molar-refractivity contribution in [2.75, 3.05) is 11.8 Å². The average molecular weight is 488 g/mol. The molecule has 0 radical (unpaired) electrons. The van der Waals surface area contributed by atoms with Gasteiger partial charge in [0.15, 0.2) is 0 Å². The fourth-order valence-corrected chi connectivity index (χ4v) is 4.53. The van der Waals surface area contributed by atoms with Crippen LogP contribution in [0.2, 0.25) is 5.02 Å². The number of ether oxygens (including phenoxy) is 1. The first kappa shape index (κ1) is 24.1. The maximum atomic E-state index is 12.9. The zero-order valence-corrected chi connectivity index (χ0v) is 19.5. The Morgan fingerprint density at radius 3 is 2.15 bits per heavy atom. The molecule has 10 heteroatoms. The van der Waals surface area contributed by atoms with Crippen LogP contribution in [-0.2, 0) is 16.4 Å². The SMILES string of the molecule is CCc1ccc(C(=O)NNC(=O)c2ccc(Cl)c(S(=O)(=O)Nc3ccccc3OC)c2)cc1. The molecule has 3 rings (SSSR count). The van der Waals surface area contributed by atoms with Crippen LogP contribution in [0.5, 0.6) is 5.75 Å². The Bertz CT molecular complexity index is 1280. The molecule has 0 bridgehead atoms. The van der Waals surface area contributed by atoms with E-state index >= 15 is 0 Å². The second kappa shape index (κ2) is 10.4. The number of nitrogens with one attached hydrogen (secondary N) is 3. The Morgan fingerprint density at radius 1 is 0.909 bits per heavy atom. The van der Waals surface area contributed by atoms with Crippen LogP contribution in [-0.4, -0.2) is 27.3 Å². The van der Waals surface area contributed by atoms with Gasteiger partial charge in [0, 0.05) is 11.1 Å². The number of amides is 2. The summed E-state index contributed by atoms with van der Waals surface area (Å²) >= 11 is 6.11. The van der Waals surface area contributed by atoms with Gasteiger partial charge in [-0.15, -0.1) is 0 Å². The van der Waals surface area contributed by atoms with Gasteiger partial charge in [0.25, 0.3) is 21.8 Å². The van der Waals surface area contributed by atoms with Crippen LogP contribution in [0.25, 0.3) is 0 Å². The number of sulfonamides is 1. The summed E-state index contributed by atoms with van der Waals surface area (Å²) < 4.78 is 33.4. The molecule has 2 amide bonds. The van der Waals surface area contributed by atoms with E-state index in [4.69, 9.17) is 16.3 Å². The molecule has 3 N–H and O–H groups in total. The van der Waals surface area contributed by atoms with Gasteiger partial charge >= 0.3 is 0 Å².